The molecule has 0 amide bonds. The molecule has 0 aliphatic carbocycles. The van der Waals surface area contributed by atoms with Crippen molar-refractivity contribution in [3.8, 4) is 5.75 Å². The second-order valence-corrected chi connectivity index (χ2v) is 4.30. The van der Waals surface area contributed by atoms with Crippen LogP contribution in [0, 0.1) is 0 Å². The Morgan fingerprint density at radius 1 is 1.11 bits per heavy atom. The number of amidine groups is 1. The van der Waals surface area contributed by atoms with Crippen LogP contribution in [-0.2, 0) is 6.61 Å². The Labute approximate surface area is 112 Å². The zero-order valence-corrected chi connectivity index (χ0v) is 10.5. The van der Waals surface area contributed by atoms with Crippen LogP contribution in [0.5, 0.6) is 5.75 Å². The van der Waals surface area contributed by atoms with Gasteiger partial charge in [-0.2, -0.15) is 0 Å². The van der Waals surface area contributed by atoms with Crippen molar-refractivity contribution < 1.29 is 4.74 Å². The Balaban J connectivity index is 1.77. The predicted molar refractivity (Wildman–Crippen MR) is 74.4 cm³/mol. The summed E-state index contributed by atoms with van der Waals surface area (Å²) in [5.41, 5.74) is 2.13. The van der Waals surface area contributed by atoms with Gasteiger partial charge in [-0.3, -0.25) is 9.98 Å². The summed E-state index contributed by atoms with van der Waals surface area (Å²) in [4.78, 5) is 8.43. The second kappa shape index (κ2) is 5.52. The highest BCUT2D eigenvalue weighted by atomic mass is 16.5. The van der Waals surface area contributed by atoms with Crippen LogP contribution in [-0.4, -0.2) is 23.9 Å². The van der Waals surface area contributed by atoms with E-state index >= 15 is 0 Å². The zero-order chi connectivity index (χ0) is 12.9. The molecule has 1 N–H and O–H groups in total. The highest BCUT2D eigenvalue weighted by molar-refractivity contribution is 6.02. The van der Waals surface area contributed by atoms with Gasteiger partial charge in [-0.25, -0.2) is 0 Å². The average molecular weight is 253 g/mol. The third kappa shape index (κ3) is 2.73. The van der Waals surface area contributed by atoms with Gasteiger partial charge in [0.2, 0.25) is 0 Å². The molecule has 0 atom stereocenters. The lowest BCUT2D eigenvalue weighted by molar-refractivity contribution is 0.305. The van der Waals surface area contributed by atoms with E-state index in [1.807, 2.05) is 36.4 Å². The van der Waals surface area contributed by atoms with Crippen LogP contribution in [0.3, 0.4) is 0 Å². The number of nitrogens with one attached hydrogen (secondary N) is 1. The van der Waals surface area contributed by atoms with Gasteiger partial charge in [0.05, 0.1) is 12.1 Å². The summed E-state index contributed by atoms with van der Waals surface area (Å²) < 4.78 is 5.89. The minimum atomic E-state index is 0.535. The molecular weight excluding hydrogens is 238 g/mol. The molecule has 0 saturated carbocycles. The lowest BCUT2D eigenvalue weighted by Gasteiger charge is -2.11. The van der Waals surface area contributed by atoms with Crippen molar-refractivity contribution in [2.75, 3.05) is 13.1 Å². The van der Waals surface area contributed by atoms with E-state index in [0.717, 1.165) is 35.8 Å². The van der Waals surface area contributed by atoms with Gasteiger partial charge >= 0.3 is 0 Å². The first-order valence-electron chi connectivity index (χ1n) is 6.33. The Hall–Kier alpha value is -2.36. The van der Waals surface area contributed by atoms with Crippen molar-refractivity contribution >= 4 is 5.84 Å². The fourth-order valence-corrected chi connectivity index (χ4v) is 2.01. The number of pyridine rings is 1. The fraction of sp³-hybridized carbons (Fsp3) is 0.200. The maximum absolute atomic E-state index is 5.89. The summed E-state index contributed by atoms with van der Waals surface area (Å²) in [6.07, 6.45) is 3.54. The van der Waals surface area contributed by atoms with E-state index in [1.54, 1.807) is 12.4 Å². The van der Waals surface area contributed by atoms with Crippen molar-refractivity contribution in [2.45, 2.75) is 6.61 Å². The molecule has 1 aromatic heterocycles. The SMILES string of the molecule is c1ccc(C2=NCCN2)c(OCc2ccncc2)c1. The number of aromatic nitrogens is 1. The Kier molecular flexibility index (Phi) is 3.40. The number of para-hydroxylation sites is 1. The molecule has 2 heterocycles. The van der Waals surface area contributed by atoms with E-state index < -0.39 is 0 Å². The Morgan fingerprint density at radius 2 is 1.95 bits per heavy atom. The van der Waals surface area contributed by atoms with E-state index in [1.165, 1.54) is 0 Å². The lowest BCUT2D eigenvalue weighted by atomic mass is 10.2. The molecule has 1 aliphatic heterocycles. The van der Waals surface area contributed by atoms with Crippen molar-refractivity contribution in [2.24, 2.45) is 4.99 Å². The van der Waals surface area contributed by atoms with Crippen molar-refractivity contribution in [1.82, 2.24) is 10.3 Å². The molecule has 3 rings (SSSR count). The molecule has 0 radical (unpaired) electrons. The van der Waals surface area contributed by atoms with Gasteiger partial charge in [0.25, 0.3) is 0 Å². The van der Waals surface area contributed by atoms with Gasteiger partial charge in [0.15, 0.2) is 0 Å². The third-order valence-corrected chi connectivity index (χ3v) is 2.96. The van der Waals surface area contributed by atoms with Crippen LogP contribution in [0.15, 0.2) is 53.8 Å². The molecule has 2 aromatic rings. The van der Waals surface area contributed by atoms with Gasteiger partial charge in [0.1, 0.15) is 18.2 Å². The van der Waals surface area contributed by atoms with E-state index in [2.05, 4.69) is 15.3 Å². The van der Waals surface area contributed by atoms with E-state index in [4.69, 9.17) is 4.74 Å². The Bertz CT molecular complexity index is 581. The second-order valence-electron chi connectivity index (χ2n) is 4.30. The summed E-state index contributed by atoms with van der Waals surface area (Å²) in [6.45, 7) is 2.26. The molecule has 4 heteroatoms. The molecule has 4 nitrogen and oxygen atoms in total. The number of ether oxygens (including phenoxy) is 1. The molecule has 0 fully saturated rings. The van der Waals surface area contributed by atoms with Gasteiger partial charge in [-0.05, 0) is 29.8 Å². The minimum absolute atomic E-state index is 0.535. The number of hydrogen-bond acceptors (Lipinski definition) is 4. The quantitative estimate of drug-likeness (QED) is 0.906. The van der Waals surface area contributed by atoms with E-state index in [-0.39, 0.29) is 0 Å². The van der Waals surface area contributed by atoms with Crippen LogP contribution in [0.2, 0.25) is 0 Å². The number of benzene rings is 1. The van der Waals surface area contributed by atoms with Crippen molar-refractivity contribution in [3.63, 3.8) is 0 Å². The van der Waals surface area contributed by atoms with Crippen LogP contribution >= 0.6 is 0 Å². The fourth-order valence-electron chi connectivity index (χ4n) is 2.01. The standard InChI is InChI=1S/C15H15N3O/c1-2-4-14(13(3-1)15-17-9-10-18-15)19-11-12-5-7-16-8-6-12/h1-8H,9-11H2,(H,17,18). The Morgan fingerprint density at radius 3 is 2.74 bits per heavy atom. The van der Waals surface area contributed by atoms with Crippen molar-refractivity contribution in [1.29, 1.82) is 0 Å². The lowest BCUT2D eigenvalue weighted by Crippen LogP contribution is -2.20. The van der Waals surface area contributed by atoms with Gasteiger partial charge in [-0.1, -0.05) is 12.1 Å². The summed E-state index contributed by atoms with van der Waals surface area (Å²) in [5, 5.41) is 3.27. The molecule has 1 aromatic carbocycles. The zero-order valence-electron chi connectivity index (χ0n) is 10.5. The molecule has 0 unspecified atom stereocenters. The highest BCUT2D eigenvalue weighted by Crippen LogP contribution is 2.20. The average Bonchev–Trinajstić information content (AvgIpc) is 3.01. The molecule has 19 heavy (non-hydrogen) atoms. The van der Waals surface area contributed by atoms with Gasteiger partial charge in [-0.15, -0.1) is 0 Å². The molecule has 0 spiro atoms. The molecule has 0 bridgehead atoms. The molecule has 96 valence electrons. The largest absolute Gasteiger partial charge is 0.488 e. The molecule has 1 aliphatic rings. The number of hydrogen-bond donors (Lipinski definition) is 1. The number of rotatable bonds is 4. The van der Waals surface area contributed by atoms with Crippen LogP contribution in [0.4, 0.5) is 0 Å². The molecule has 0 saturated heterocycles. The topological polar surface area (TPSA) is 46.5 Å². The van der Waals surface area contributed by atoms with E-state index in [9.17, 15) is 0 Å². The first-order valence-corrected chi connectivity index (χ1v) is 6.33. The first-order chi connectivity index (χ1) is 9.43. The summed E-state index contributed by atoms with van der Waals surface area (Å²) in [5.74, 6) is 1.78. The van der Waals surface area contributed by atoms with Gasteiger partial charge < -0.3 is 10.1 Å². The van der Waals surface area contributed by atoms with E-state index in [0.29, 0.717) is 6.61 Å². The van der Waals surface area contributed by atoms with Crippen LogP contribution < -0.4 is 10.1 Å². The van der Waals surface area contributed by atoms with Crippen LogP contribution in [0.25, 0.3) is 0 Å². The predicted octanol–water partition coefficient (Wildman–Crippen LogP) is 2.01. The minimum Gasteiger partial charge on any atom is -0.488 e. The van der Waals surface area contributed by atoms with Crippen LogP contribution in [0.1, 0.15) is 11.1 Å². The van der Waals surface area contributed by atoms with Gasteiger partial charge in [0, 0.05) is 18.9 Å². The first kappa shape index (κ1) is 11.7. The summed E-state index contributed by atoms with van der Waals surface area (Å²) >= 11 is 0. The highest BCUT2D eigenvalue weighted by Gasteiger charge is 2.12. The smallest absolute Gasteiger partial charge is 0.132 e. The third-order valence-electron chi connectivity index (χ3n) is 2.96. The summed E-state index contributed by atoms with van der Waals surface area (Å²) in [6, 6.07) is 11.9. The maximum Gasteiger partial charge on any atom is 0.132 e. The van der Waals surface area contributed by atoms with Crippen molar-refractivity contribution in [3.05, 3.63) is 59.9 Å². The number of nitrogens with zero attached hydrogens (tertiary/aromatic N) is 2. The monoisotopic (exact) mass is 253 g/mol. The maximum atomic E-state index is 5.89. The molecular formula is C15H15N3O. The number of aliphatic imine (C=N–C) groups is 1. The summed E-state index contributed by atoms with van der Waals surface area (Å²) in [7, 11) is 0. The normalized spacial score (nSPS) is 13.8.